The molecule has 4 heteroatoms. The van der Waals surface area contributed by atoms with Crippen LogP contribution in [0, 0.1) is 0 Å². The number of rotatable bonds is 13. The lowest BCUT2D eigenvalue weighted by molar-refractivity contribution is -0.0544. The maximum absolute atomic E-state index is 6.07. The average Bonchev–Trinajstić information content (AvgIpc) is 3.18. The van der Waals surface area contributed by atoms with Crippen LogP contribution in [0.4, 0.5) is 11.4 Å². The highest BCUT2D eigenvalue weighted by Gasteiger charge is 2.22. The van der Waals surface area contributed by atoms with Gasteiger partial charge in [0.25, 0.3) is 0 Å². The van der Waals surface area contributed by atoms with Crippen molar-refractivity contribution in [2.24, 2.45) is 0 Å². The summed E-state index contributed by atoms with van der Waals surface area (Å²) in [6.45, 7) is 21.3. The number of allylic oxidation sites excluding steroid dienone is 2. The Balaban J connectivity index is 1.38. The molecule has 0 amide bonds. The summed E-state index contributed by atoms with van der Waals surface area (Å²) >= 11 is 0. The fraction of sp³-hybridized carbons (Fsp3) is 0.200. The quantitative estimate of drug-likeness (QED) is 0.112. The normalized spacial score (nSPS) is 11.6. The van der Waals surface area contributed by atoms with Gasteiger partial charge in [-0.2, -0.15) is 0 Å². The Bertz CT molecular complexity index is 1910. The van der Waals surface area contributed by atoms with Crippen molar-refractivity contribution in [2.45, 2.75) is 65.6 Å². The van der Waals surface area contributed by atoms with E-state index < -0.39 is 11.2 Å². The smallest absolute Gasteiger partial charge is 0.106 e. The highest BCUT2D eigenvalue weighted by Crippen LogP contribution is 2.43. The van der Waals surface area contributed by atoms with E-state index >= 15 is 0 Å². The largest absolute Gasteiger partial charge is 0.246 e. The van der Waals surface area contributed by atoms with Crippen LogP contribution in [0.15, 0.2) is 159 Å². The van der Waals surface area contributed by atoms with Crippen LogP contribution in [0.25, 0.3) is 55.7 Å². The topological polar surface area (TPSA) is 46.7 Å². The van der Waals surface area contributed by atoms with Gasteiger partial charge < -0.3 is 0 Å². The standard InChI is InChI=1S/C50H50N2O2/c1-35(41-31-43(37-21-13-9-14-22-37)47(51-53-49(3,4)5)44(32-41)38-23-15-10-16-24-38)29-30-36(2)42-33-45(39-25-17-11-18-26-39)48(52-54-50(6,7)8)46(34-42)40-27-19-12-20-28-40/h9-28,31-34H,1-2,29-30H2,3-8H3. The van der Waals surface area contributed by atoms with Crippen LogP contribution < -0.4 is 11.0 Å². The summed E-state index contributed by atoms with van der Waals surface area (Å²) in [5, 5.41) is 0. The van der Waals surface area contributed by atoms with Crippen LogP contribution in [0.3, 0.4) is 0 Å². The summed E-state index contributed by atoms with van der Waals surface area (Å²) in [4.78, 5) is 12.1. The molecule has 0 aliphatic rings. The van der Waals surface area contributed by atoms with E-state index in [1.807, 2.05) is 65.8 Å². The SMILES string of the molecule is C=C(CCC(=C)c1cc(-c2ccccc2)c([N]OC(C)(C)C)c(-c2ccccc2)c1)c1cc(-c2ccccc2)c([N]OC(C)(C)C)c(-c2ccccc2)c1. The van der Waals surface area contributed by atoms with Gasteiger partial charge in [0.1, 0.15) is 11.4 Å². The second-order valence-electron chi connectivity index (χ2n) is 15.6. The fourth-order valence-corrected chi connectivity index (χ4v) is 6.18. The van der Waals surface area contributed by atoms with Gasteiger partial charge in [-0.3, -0.25) is 0 Å². The summed E-state index contributed by atoms with van der Waals surface area (Å²) < 4.78 is 0. The summed E-state index contributed by atoms with van der Waals surface area (Å²) in [5.74, 6) is 0. The molecule has 6 aromatic carbocycles. The molecule has 0 N–H and O–H groups in total. The van der Waals surface area contributed by atoms with Crippen molar-refractivity contribution in [1.82, 2.24) is 11.0 Å². The molecule has 272 valence electrons. The Morgan fingerprint density at radius 3 is 0.889 bits per heavy atom. The van der Waals surface area contributed by atoms with Crippen molar-refractivity contribution in [2.75, 3.05) is 0 Å². The third-order valence-corrected chi connectivity index (χ3v) is 8.93. The van der Waals surface area contributed by atoms with Crippen molar-refractivity contribution in [3.8, 4) is 44.5 Å². The van der Waals surface area contributed by atoms with E-state index in [2.05, 4.69) is 134 Å². The van der Waals surface area contributed by atoms with E-state index in [0.29, 0.717) is 0 Å². The van der Waals surface area contributed by atoms with Gasteiger partial charge in [-0.05, 0) is 123 Å². The zero-order chi connectivity index (χ0) is 38.3. The third-order valence-electron chi connectivity index (χ3n) is 8.93. The molecular weight excluding hydrogens is 661 g/mol. The van der Waals surface area contributed by atoms with Crippen LogP contribution in [0.2, 0.25) is 0 Å². The lowest BCUT2D eigenvalue weighted by Crippen LogP contribution is -2.23. The zero-order valence-corrected chi connectivity index (χ0v) is 32.4. The molecule has 0 atom stereocenters. The van der Waals surface area contributed by atoms with E-state index in [-0.39, 0.29) is 0 Å². The molecule has 0 saturated carbocycles. The van der Waals surface area contributed by atoms with Crippen molar-refractivity contribution in [1.29, 1.82) is 0 Å². The number of nitrogens with zero attached hydrogens (tertiary/aromatic N) is 2. The first-order valence-electron chi connectivity index (χ1n) is 18.6. The van der Waals surface area contributed by atoms with Crippen LogP contribution in [-0.2, 0) is 9.68 Å². The van der Waals surface area contributed by atoms with Crippen molar-refractivity contribution in [3.05, 3.63) is 170 Å². The Kier molecular flexibility index (Phi) is 11.7. The Hall–Kier alpha value is -5.68. The minimum absolute atomic E-state index is 0.447. The van der Waals surface area contributed by atoms with Gasteiger partial charge in [-0.1, -0.05) is 134 Å². The van der Waals surface area contributed by atoms with Gasteiger partial charge in [0.2, 0.25) is 0 Å². The highest BCUT2D eigenvalue weighted by molar-refractivity contribution is 5.93. The van der Waals surface area contributed by atoms with E-state index in [9.17, 15) is 0 Å². The molecule has 0 saturated heterocycles. The molecule has 0 bridgehead atoms. The summed E-state index contributed by atoms with van der Waals surface area (Å²) in [5.41, 5.74) is 22.6. The molecule has 0 spiro atoms. The van der Waals surface area contributed by atoms with E-state index in [0.717, 1.165) is 91.0 Å². The predicted octanol–water partition coefficient (Wildman–Crippen LogP) is 13.8. The zero-order valence-electron chi connectivity index (χ0n) is 32.4. The van der Waals surface area contributed by atoms with Gasteiger partial charge in [-0.15, -0.1) is 11.0 Å². The monoisotopic (exact) mass is 710 g/mol. The number of benzene rings is 6. The minimum Gasteiger partial charge on any atom is -0.246 e. The maximum atomic E-state index is 6.07. The Labute approximate surface area is 322 Å². The second-order valence-corrected chi connectivity index (χ2v) is 15.6. The molecule has 6 rings (SSSR count). The van der Waals surface area contributed by atoms with Gasteiger partial charge in [0.15, 0.2) is 0 Å². The van der Waals surface area contributed by atoms with Crippen molar-refractivity contribution in [3.63, 3.8) is 0 Å². The molecule has 54 heavy (non-hydrogen) atoms. The van der Waals surface area contributed by atoms with Gasteiger partial charge in [0.05, 0.1) is 11.2 Å². The Morgan fingerprint density at radius 2 is 0.667 bits per heavy atom. The molecule has 0 aliphatic heterocycles. The lowest BCUT2D eigenvalue weighted by Gasteiger charge is -2.23. The first kappa shape index (κ1) is 38.1. The molecule has 0 aromatic heterocycles. The summed E-state index contributed by atoms with van der Waals surface area (Å²) in [6, 6.07) is 50.3. The van der Waals surface area contributed by atoms with Crippen LogP contribution >= 0.6 is 0 Å². The highest BCUT2D eigenvalue weighted by atomic mass is 16.7. The molecule has 4 nitrogen and oxygen atoms in total. The van der Waals surface area contributed by atoms with Crippen LogP contribution in [0.5, 0.6) is 0 Å². The average molecular weight is 711 g/mol. The first-order chi connectivity index (χ1) is 25.9. The van der Waals surface area contributed by atoms with E-state index in [1.165, 1.54) is 0 Å². The maximum Gasteiger partial charge on any atom is 0.106 e. The summed E-state index contributed by atoms with van der Waals surface area (Å²) in [6.07, 6.45) is 1.44. The Morgan fingerprint density at radius 1 is 0.426 bits per heavy atom. The fourth-order valence-electron chi connectivity index (χ4n) is 6.18. The second kappa shape index (κ2) is 16.6. The van der Waals surface area contributed by atoms with Gasteiger partial charge in [-0.25, -0.2) is 9.68 Å². The molecule has 2 radical (unpaired) electrons. The van der Waals surface area contributed by atoms with Crippen molar-refractivity contribution < 1.29 is 9.68 Å². The van der Waals surface area contributed by atoms with Gasteiger partial charge in [0, 0.05) is 22.3 Å². The molecule has 0 unspecified atom stereocenters. The number of hydrogen-bond donors (Lipinski definition) is 0. The van der Waals surface area contributed by atoms with Crippen molar-refractivity contribution >= 4 is 22.5 Å². The third kappa shape index (κ3) is 9.64. The first-order valence-corrected chi connectivity index (χ1v) is 18.6. The predicted molar refractivity (Wildman–Crippen MR) is 227 cm³/mol. The number of hydrogen-bond acceptors (Lipinski definition) is 2. The lowest BCUT2D eigenvalue weighted by atomic mass is 9.88. The van der Waals surface area contributed by atoms with Crippen LogP contribution in [-0.4, -0.2) is 11.2 Å². The van der Waals surface area contributed by atoms with E-state index in [4.69, 9.17) is 20.6 Å². The molecule has 0 heterocycles. The molecule has 0 fully saturated rings. The summed E-state index contributed by atoms with van der Waals surface area (Å²) in [7, 11) is 0. The van der Waals surface area contributed by atoms with Gasteiger partial charge >= 0.3 is 0 Å². The molecule has 6 aromatic rings. The minimum atomic E-state index is -0.447. The van der Waals surface area contributed by atoms with E-state index in [1.54, 1.807) is 0 Å². The molecular formula is C50H50N2O2. The molecule has 0 aliphatic carbocycles. The van der Waals surface area contributed by atoms with Crippen LogP contribution in [0.1, 0.15) is 65.5 Å².